The molecule has 0 heterocycles. The summed E-state index contributed by atoms with van der Waals surface area (Å²) in [5, 5.41) is 3.00. The molecule has 0 saturated heterocycles. The van der Waals surface area contributed by atoms with Crippen LogP contribution < -0.4 is 11.1 Å². The molecule has 0 saturated carbocycles. The highest BCUT2D eigenvalue weighted by atomic mass is 32.2. The van der Waals surface area contributed by atoms with Crippen molar-refractivity contribution < 1.29 is 4.79 Å². The lowest BCUT2D eigenvalue weighted by Crippen LogP contribution is -2.23. The minimum Gasteiger partial charge on any atom is -0.327 e. The van der Waals surface area contributed by atoms with Gasteiger partial charge in [0.2, 0.25) is 5.91 Å². The molecular weight excluding hydrogens is 256 g/mol. The number of hydrogen-bond donors (Lipinski definition) is 2. The quantitative estimate of drug-likeness (QED) is 0.842. The number of nitrogens with two attached hydrogens (primary N) is 1. The minimum absolute atomic E-state index is 0.0448. The van der Waals surface area contributed by atoms with Gasteiger partial charge in [-0.25, -0.2) is 0 Å². The zero-order valence-corrected chi connectivity index (χ0v) is 13.1. The maximum absolute atomic E-state index is 11.9. The van der Waals surface area contributed by atoms with Crippen molar-refractivity contribution in [2.24, 2.45) is 5.73 Å². The number of thioether (sulfide) groups is 1. The van der Waals surface area contributed by atoms with Crippen molar-refractivity contribution >= 4 is 23.4 Å². The molecule has 1 unspecified atom stereocenters. The summed E-state index contributed by atoms with van der Waals surface area (Å²) in [5.74, 6) is 1.33. The second-order valence-electron chi connectivity index (χ2n) is 5.01. The molecule has 0 fully saturated rings. The molecule has 1 amide bonds. The van der Waals surface area contributed by atoms with Crippen molar-refractivity contribution in [2.75, 3.05) is 16.8 Å². The summed E-state index contributed by atoms with van der Waals surface area (Å²) in [4.78, 5) is 11.9. The highest BCUT2D eigenvalue weighted by Crippen LogP contribution is 2.22. The van der Waals surface area contributed by atoms with Gasteiger partial charge in [0.15, 0.2) is 0 Å². The number of carbonyl (C=O) groups is 1. The average Bonchev–Trinajstić information content (AvgIpc) is 2.33. The van der Waals surface area contributed by atoms with Crippen LogP contribution in [0.25, 0.3) is 0 Å². The van der Waals surface area contributed by atoms with E-state index < -0.39 is 0 Å². The fourth-order valence-corrected chi connectivity index (χ4v) is 2.89. The Bertz CT molecular complexity index is 423. The van der Waals surface area contributed by atoms with Crippen LogP contribution in [0, 0.1) is 20.8 Å². The highest BCUT2D eigenvalue weighted by molar-refractivity contribution is 8.00. The van der Waals surface area contributed by atoms with Gasteiger partial charge >= 0.3 is 0 Å². The summed E-state index contributed by atoms with van der Waals surface area (Å²) in [6.07, 6.45) is 0.949. The van der Waals surface area contributed by atoms with E-state index in [1.165, 1.54) is 5.56 Å². The van der Waals surface area contributed by atoms with Crippen molar-refractivity contribution in [3.8, 4) is 0 Å². The Kier molecular flexibility index (Phi) is 6.38. The third kappa shape index (κ3) is 5.25. The van der Waals surface area contributed by atoms with E-state index in [4.69, 9.17) is 5.73 Å². The zero-order valence-electron chi connectivity index (χ0n) is 12.2. The van der Waals surface area contributed by atoms with Crippen LogP contribution in [-0.4, -0.2) is 23.5 Å². The number of nitrogens with one attached hydrogen (secondary N) is 1. The molecule has 1 aromatic carbocycles. The summed E-state index contributed by atoms with van der Waals surface area (Å²) in [5.41, 5.74) is 10.2. The Morgan fingerprint density at radius 2 is 1.89 bits per heavy atom. The lowest BCUT2D eigenvalue weighted by Gasteiger charge is -2.13. The first kappa shape index (κ1) is 16.1. The van der Waals surface area contributed by atoms with E-state index in [1.807, 2.05) is 13.8 Å². The molecule has 1 aromatic rings. The predicted molar refractivity (Wildman–Crippen MR) is 84.9 cm³/mol. The van der Waals surface area contributed by atoms with Gasteiger partial charge in [-0.3, -0.25) is 4.79 Å². The van der Waals surface area contributed by atoms with Crippen LogP contribution in [0.15, 0.2) is 12.1 Å². The fourth-order valence-electron chi connectivity index (χ4n) is 1.97. The van der Waals surface area contributed by atoms with Gasteiger partial charge in [0.05, 0.1) is 5.75 Å². The van der Waals surface area contributed by atoms with Gasteiger partial charge < -0.3 is 11.1 Å². The monoisotopic (exact) mass is 280 g/mol. The van der Waals surface area contributed by atoms with Crippen LogP contribution in [-0.2, 0) is 4.79 Å². The van der Waals surface area contributed by atoms with Gasteiger partial charge in [0.25, 0.3) is 0 Å². The van der Waals surface area contributed by atoms with Crippen LogP contribution in [0.3, 0.4) is 0 Å². The molecule has 0 aromatic heterocycles. The van der Waals surface area contributed by atoms with E-state index in [-0.39, 0.29) is 11.9 Å². The smallest absolute Gasteiger partial charge is 0.234 e. The summed E-state index contributed by atoms with van der Waals surface area (Å²) < 4.78 is 0. The zero-order chi connectivity index (χ0) is 14.4. The largest absolute Gasteiger partial charge is 0.327 e. The summed E-state index contributed by atoms with van der Waals surface area (Å²) >= 11 is 1.59. The molecule has 0 radical (unpaired) electrons. The fraction of sp³-hybridized carbons (Fsp3) is 0.533. The van der Waals surface area contributed by atoms with E-state index in [0.717, 1.165) is 29.0 Å². The van der Waals surface area contributed by atoms with Gasteiger partial charge in [0, 0.05) is 17.5 Å². The number of benzene rings is 1. The van der Waals surface area contributed by atoms with Crippen molar-refractivity contribution in [1.29, 1.82) is 0 Å². The standard InChI is InChI=1S/C15H24N2OS/c1-5-13(16)8-19-9-14(18)17-15-11(3)6-10(2)7-12(15)4/h6-7,13H,5,8-9,16H2,1-4H3,(H,17,18). The summed E-state index contributed by atoms with van der Waals surface area (Å²) in [6.45, 7) is 8.17. The van der Waals surface area contributed by atoms with Gasteiger partial charge in [0.1, 0.15) is 0 Å². The van der Waals surface area contributed by atoms with E-state index in [1.54, 1.807) is 11.8 Å². The number of anilines is 1. The van der Waals surface area contributed by atoms with Crippen LogP contribution >= 0.6 is 11.8 Å². The molecule has 1 rings (SSSR count). The van der Waals surface area contributed by atoms with E-state index in [2.05, 4.69) is 31.3 Å². The number of aryl methyl sites for hydroxylation is 3. The first-order valence-electron chi connectivity index (χ1n) is 6.65. The van der Waals surface area contributed by atoms with Crippen LogP contribution in [0.1, 0.15) is 30.0 Å². The maximum atomic E-state index is 11.9. The van der Waals surface area contributed by atoms with Crippen molar-refractivity contribution in [1.82, 2.24) is 0 Å². The minimum atomic E-state index is 0.0448. The lowest BCUT2D eigenvalue weighted by atomic mass is 10.1. The molecule has 106 valence electrons. The van der Waals surface area contributed by atoms with Crippen molar-refractivity contribution in [2.45, 2.75) is 40.2 Å². The number of carbonyl (C=O) groups excluding carboxylic acids is 1. The molecule has 19 heavy (non-hydrogen) atoms. The summed E-state index contributed by atoms with van der Waals surface area (Å²) in [6, 6.07) is 4.35. The molecule has 0 spiro atoms. The Balaban J connectivity index is 2.53. The van der Waals surface area contributed by atoms with Crippen LogP contribution in [0.5, 0.6) is 0 Å². The van der Waals surface area contributed by atoms with Gasteiger partial charge in [-0.1, -0.05) is 24.6 Å². The first-order valence-corrected chi connectivity index (χ1v) is 7.80. The van der Waals surface area contributed by atoms with Gasteiger partial charge in [-0.15, -0.1) is 0 Å². The van der Waals surface area contributed by atoms with Gasteiger partial charge in [-0.05, 0) is 38.3 Å². The van der Waals surface area contributed by atoms with E-state index in [0.29, 0.717) is 5.75 Å². The predicted octanol–water partition coefficient (Wildman–Crippen LogP) is 3.02. The maximum Gasteiger partial charge on any atom is 0.234 e. The molecule has 0 bridgehead atoms. The summed E-state index contributed by atoms with van der Waals surface area (Å²) in [7, 11) is 0. The second kappa shape index (κ2) is 7.56. The van der Waals surface area contributed by atoms with E-state index >= 15 is 0 Å². The third-order valence-electron chi connectivity index (χ3n) is 3.03. The number of hydrogen-bond acceptors (Lipinski definition) is 3. The molecule has 4 heteroatoms. The molecule has 0 aliphatic heterocycles. The Morgan fingerprint density at radius 3 is 2.42 bits per heavy atom. The Morgan fingerprint density at radius 1 is 1.32 bits per heavy atom. The number of rotatable bonds is 6. The van der Waals surface area contributed by atoms with Crippen LogP contribution in [0.2, 0.25) is 0 Å². The normalized spacial score (nSPS) is 12.3. The SMILES string of the molecule is CCC(N)CSCC(=O)Nc1c(C)cc(C)cc1C. The molecule has 3 N–H and O–H groups in total. The second-order valence-corrected chi connectivity index (χ2v) is 6.04. The molecule has 0 aliphatic rings. The highest BCUT2D eigenvalue weighted by Gasteiger charge is 2.09. The first-order chi connectivity index (χ1) is 8.93. The van der Waals surface area contributed by atoms with Crippen LogP contribution in [0.4, 0.5) is 5.69 Å². The molecular formula is C15H24N2OS. The molecule has 3 nitrogen and oxygen atoms in total. The van der Waals surface area contributed by atoms with Crippen molar-refractivity contribution in [3.05, 3.63) is 28.8 Å². The molecule has 1 atom stereocenters. The van der Waals surface area contributed by atoms with E-state index in [9.17, 15) is 4.79 Å². The average molecular weight is 280 g/mol. The Labute approximate surface area is 120 Å². The topological polar surface area (TPSA) is 55.1 Å². The molecule has 0 aliphatic carbocycles. The number of amides is 1. The van der Waals surface area contributed by atoms with Crippen molar-refractivity contribution in [3.63, 3.8) is 0 Å². The third-order valence-corrected chi connectivity index (χ3v) is 4.16. The Hall–Kier alpha value is -1.00. The lowest BCUT2D eigenvalue weighted by molar-refractivity contribution is -0.113. The van der Waals surface area contributed by atoms with Gasteiger partial charge in [-0.2, -0.15) is 11.8 Å².